The van der Waals surface area contributed by atoms with Crippen LogP contribution in [-0.2, 0) is 4.79 Å². The van der Waals surface area contributed by atoms with Crippen molar-refractivity contribution < 1.29 is 9.90 Å². The molecule has 0 saturated carbocycles. The van der Waals surface area contributed by atoms with Crippen molar-refractivity contribution in [2.24, 2.45) is 11.3 Å². The van der Waals surface area contributed by atoms with Gasteiger partial charge in [0.1, 0.15) is 0 Å². The number of unbranched alkanes of at least 4 members (excludes halogenated alkanes) is 17. The topological polar surface area (TPSA) is 37.3 Å². The highest BCUT2D eigenvalue weighted by molar-refractivity contribution is 5.71. The lowest BCUT2D eigenvalue weighted by atomic mass is 9.65. The van der Waals surface area contributed by atoms with Gasteiger partial charge in [0.2, 0.25) is 0 Å². The van der Waals surface area contributed by atoms with Crippen LogP contribution >= 0.6 is 0 Å². The third-order valence-electron chi connectivity index (χ3n) is 8.14. The van der Waals surface area contributed by atoms with E-state index < -0.39 is 5.97 Å². The van der Waals surface area contributed by atoms with Crippen LogP contribution in [0.25, 0.3) is 0 Å². The molecular weight excluding hydrogens is 404 g/mol. The van der Waals surface area contributed by atoms with Crippen molar-refractivity contribution in [3.05, 3.63) is 0 Å². The van der Waals surface area contributed by atoms with Crippen molar-refractivity contribution in [1.82, 2.24) is 0 Å². The Bertz CT molecular complexity index is 401. The van der Waals surface area contributed by atoms with Crippen LogP contribution in [0.5, 0.6) is 0 Å². The fourth-order valence-electron chi connectivity index (χ4n) is 5.76. The first kappa shape index (κ1) is 32.5. The average Bonchev–Trinajstić information content (AvgIpc) is 2.81. The van der Waals surface area contributed by atoms with Crippen LogP contribution in [0.15, 0.2) is 0 Å². The Labute approximate surface area is 209 Å². The zero-order valence-corrected chi connectivity index (χ0v) is 23.4. The molecule has 0 bridgehead atoms. The highest BCUT2D eigenvalue weighted by Crippen LogP contribution is 2.45. The summed E-state index contributed by atoms with van der Waals surface area (Å²) < 4.78 is 0. The summed E-state index contributed by atoms with van der Waals surface area (Å²) in [7, 11) is 0. The summed E-state index contributed by atoms with van der Waals surface area (Å²) in [6.07, 6.45) is 30.0. The molecular formula is C31H62O2. The van der Waals surface area contributed by atoms with Crippen LogP contribution in [0.4, 0.5) is 0 Å². The summed E-state index contributed by atoms with van der Waals surface area (Å²) in [5.41, 5.74) is 0.0163. The first-order valence-electron chi connectivity index (χ1n) is 15.3. The lowest BCUT2D eigenvalue weighted by molar-refractivity contribution is -0.148. The van der Waals surface area contributed by atoms with E-state index >= 15 is 0 Å². The third-order valence-corrected chi connectivity index (χ3v) is 8.14. The van der Waals surface area contributed by atoms with Crippen molar-refractivity contribution in [3.63, 3.8) is 0 Å². The third kappa shape index (κ3) is 16.7. The molecule has 0 saturated heterocycles. The van der Waals surface area contributed by atoms with Gasteiger partial charge in [-0.3, -0.25) is 4.79 Å². The van der Waals surface area contributed by atoms with Gasteiger partial charge in [0, 0.05) is 0 Å². The second kappa shape index (κ2) is 23.2. The Morgan fingerprint density at radius 3 is 1.21 bits per heavy atom. The molecule has 1 unspecified atom stereocenters. The maximum atomic E-state index is 12.5. The van der Waals surface area contributed by atoms with Crippen LogP contribution in [0.1, 0.15) is 182 Å². The second-order valence-electron chi connectivity index (χ2n) is 10.9. The lowest BCUT2D eigenvalue weighted by Gasteiger charge is -2.39. The van der Waals surface area contributed by atoms with Crippen molar-refractivity contribution in [2.75, 3.05) is 0 Å². The van der Waals surface area contributed by atoms with E-state index in [0.29, 0.717) is 0 Å². The molecule has 0 amide bonds. The van der Waals surface area contributed by atoms with Crippen molar-refractivity contribution in [2.45, 2.75) is 182 Å². The molecule has 2 nitrogen and oxygen atoms in total. The monoisotopic (exact) mass is 466 g/mol. The highest BCUT2D eigenvalue weighted by Gasteiger charge is 2.40. The minimum Gasteiger partial charge on any atom is -0.481 e. The van der Waals surface area contributed by atoms with Crippen LogP contribution in [0, 0.1) is 11.3 Å². The molecule has 0 aliphatic carbocycles. The van der Waals surface area contributed by atoms with E-state index in [1.807, 2.05) is 0 Å². The molecule has 0 aromatic heterocycles. The zero-order valence-electron chi connectivity index (χ0n) is 23.4. The van der Waals surface area contributed by atoms with Gasteiger partial charge in [0.25, 0.3) is 0 Å². The predicted molar refractivity (Wildman–Crippen MR) is 147 cm³/mol. The second-order valence-corrected chi connectivity index (χ2v) is 10.9. The van der Waals surface area contributed by atoms with E-state index in [4.69, 9.17) is 0 Å². The molecule has 198 valence electrons. The van der Waals surface area contributed by atoms with Gasteiger partial charge >= 0.3 is 5.97 Å². The normalized spacial score (nSPS) is 12.8. The van der Waals surface area contributed by atoms with Crippen LogP contribution in [0.2, 0.25) is 0 Å². The molecule has 0 aromatic carbocycles. The molecule has 0 aliphatic heterocycles. The van der Waals surface area contributed by atoms with Gasteiger partial charge in [-0.2, -0.15) is 0 Å². The van der Waals surface area contributed by atoms with Crippen molar-refractivity contribution >= 4 is 5.97 Å². The minimum absolute atomic E-state index is 0.0163. The summed E-state index contributed by atoms with van der Waals surface area (Å²) in [6.45, 7) is 9.08. The molecule has 2 heteroatoms. The fourth-order valence-corrected chi connectivity index (χ4v) is 5.76. The minimum atomic E-state index is -0.517. The molecule has 0 aliphatic rings. The Kier molecular flexibility index (Phi) is 22.9. The summed E-state index contributed by atoms with van der Waals surface area (Å²) in [4.78, 5) is 12.5. The first-order valence-corrected chi connectivity index (χ1v) is 15.3. The van der Waals surface area contributed by atoms with Crippen molar-refractivity contribution in [1.29, 1.82) is 0 Å². The maximum Gasteiger partial charge on any atom is 0.307 e. The molecule has 33 heavy (non-hydrogen) atoms. The number of hydrogen-bond acceptors (Lipinski definition) is 1. The predicted octanol–water partition coefficient (Wildman–Crippen LogP) is 11.1. The standard InChI is InChI=1S/C31H62O2/c1-5-9-12-15-18-19-20-23-26-29(30(32)33)31(8-4,27-24-21-16-13-10-6-2)28-25-22-17-14-11-7-3/h29H,5-28H2,1-4H3,(H,32,33). The first-order chi connectivity index (χ1) is 16.1. The summed E-state index contributed by atoms with van der Waals surface area (Å²) in [5.74, 6) is -0.661. The van der Waals surface area contributed by atoms with Crippen LogP contribution < -0.4 is 0 Å². The number of rotatable bonds is 26. The van der Waals surface area contributed by atoms with Gasteiger partial charge in [0.15, 0.2) is 0 Å². The van der Waals surface area contributed by atoms with Gasteiger partial charge in [-0.15, -0.1) is 0 Å². The van der Waals surface area contributed by atoms with E-state index in [1.165, 1.54) is 122 Å². The molecule has 1 atom stereocenters. The number of carboxylic acid groups (broad SMARTS) is 1. The maximum absolute atomic E-state index is 12.5. The van der Waals surface area contributed by atoms with Crippen LogP contribution in [-0.4, -0.2) is 11.1 Å². The Morgan fingerprint density at radius 2 is 0.879 bits per heavy atom. The van der Waals surface area contributed by atoms with Crippen LogP contribution in [0.3, 0.4) is 0 Å². The smallest absolute Gasteiger partial charge is 0.307 e. The summed E-state index contributed by atoms with van der Waals surface area (Å²) in [5, 5.41) is 10.3. The SMILES string of the molecule is CCCCCCCCCCC(C(=O)O)C(CC)(CCCCCCCC)CCCCCCCC. The Morgan fingerprint density at radius 1 is 0.545 bits per heavy atom. The summed E-state index contributed by atoms with van der Waals surface area (Å²) >= 11 is 0. The van der Waals surface area contributed by atoms with Gasteiger partial charge in [-0.1, -0.05) is 156 Å². The van der Waals surface area contributed by atoms with Gasteiger partial charge in [0.05, 0.1) is 5.92 Å². The fraction of sp³-hybridized carbons (Fsp3) is 0.968. The van der Waals surface area contributed by atoms with Crippen molar-refractivity contribution in [3.8, 4) is 0 Å². The molecule has 1 N–H and O–H groups in total. The number of aliphatic carboxylic acids is 1. The highest BCUT2D eigenvalue weighted by atomic mass is 16.4. The molecule has 0 radical (unpaired) electrons. The number of hydrogen-bond donors (Lipinski definition) is 1. The molecule has 0 aromatic rings. The molecule has 0 spiro atoms. The number of carboxylic acids is 1. The quantitative estimate of drug-likeness (QED) is 0.129. The van der Waals surface area contributed by atoms with Gasteiger partial charge in [-0.25, -0.2) is 0 Å². The number of carbonyl (C=O) groups is 1. The van der Waals surface area contributed by atoms with Gasteiger partial charge < -0.3 is 5.11 Å². The van der Waals surface area contributed by atoms with E-state index in [9.17, 15) is 9.90 Å². The molecule has 0 rings (SSSR count). The summed E-state index contributed by atoms with van der Waals surface area (Å²) in [6, 6.07) is 0. The van der Waals surface area contributed by atoms with E-state index in [1.54, 1.807) is 0 Å². The van der Waals surface area contributed by atoms with Gasteiger partial charge in [-0.05, 0) is 31.1 Å². The Balaban J connectivity index is 4.81. The largest absolute Gasteiger partial charge is 0.481 e. The zero-order chi connectivity index (χ0) is 24.6. The molecule has 0 heterocycles. The van der Waals surface area contributed by atoms with E-state index in [0.717, 1.165) is 32.1 Å². The molecule has 0 fully saturated rings. The lowest BCUT2D eigenvalue weighted by Crippen LogP contribution is -2.36. The van der Waals surface area contributed by atoms with E-state index in [2.05, 4.69) is 27.7 Å². The Hall–Kier alpha value is -0.530. The van der Waals surface area contributed by atoms with E-state index in [-0.39, 0.29) is 11.3 Å². The average molecular weight is 467 g/mol.